The van der Waals surface area contributed by atoms with Crippen LogP contribution in [0.3, 0.4) is 0 Å². The monoisotopic (exact) mass is 449 g/mol. The van der Waals surface area contributed by atoms with Gasteiger partial charge in [-0.15, -0.1) is 0 Å². The topological polar surface area (TPSA) is 9.23 Å². The zero-order valence-corrected chi connectivity index (χ0v) is 15.3. The van der Waals surface area contributed by atoms with E-state index in [1.54, 1.807) is 0 Å². The third kappa shape index (κ3) is 3.52. The van der Waals surface area contributed by atoms with E-state index in [1.165, 1.54) is 33.4 Å². The van der Waals surface area contributed by atoms with Gasteiger partial charge in [0, 0.05) is 21.1 Å². The Bertz CT molecular complexity index is 528. The molecule has 20 heavy (non-hydrogen) atoms. The summed E-state index contributed by atoms with van der Waals surface area (Å²) in [6, 6.07) is 8.67. The standard InChI is InChI=1S/C18H22O.Pt/c1-11-7-13(3)17(14(4)8-11)19-18-15(5)9-12(2)10-16(18)6;/h7-10H,1-6H3;. The first-order valence-electron chi connectivity index (χ1n) is 6.72. The number of hydrogen-bond donors (Lipinski definition) is 0. The molecule has 2 aromatic carbocycles. The summed E-state index contributed by atoms with van der Waals surface area (Å²) >= 11 is 0. The van der Waals surface area contributed by atoms with Crippen molar-refractivity contribution in [2.45, 2.75) is 41.5 Å². The van der Waals surface area contributed by atoms with Crippen LogP contribution in [-0.2, 0) is 21.1 Å². The molecule has 0 aliphatic carbocycles. The maximum atomic E-state index is 6.21. The third-order valence-corrected chi connectivity index (χ3v) is 3.41. The molecule has 0 amide bonds. The minimum absolute atomic E-state index is 0. The molecule has 0 saturated carbocycles. The molecule has 0 unspecified atom stereocenters. The van der Waals surface area contributed by atoms with Gasteiger partial charge in [0.2, 0.25) is 0 Å². The van der Waals surface area contributed by atoms with E-state index in [1.807, 2.05) is 0 Å². The van der Waals surface area contributed by atoms with Crippen molar-refractivity contribution in [2.75, 3.05) is 0 Å². The molecule has 0 aromatic heterocycles. The van der Waals surface area contributed by atoms with Crippen molar-refractivity contribution in [3.05, 3.63) is 57.6 Å². The van der Waals surface area contributed by atoms with Gasteiger partial charge in [0.05, 0.1) is 0 Å². The van der Waals surface area contributed by atoms with E-state index >= 15 is 0 Å². The van der Waals surface area contributed by atoms with Crippen LogP contribution in [0.5, 0.6) is 11.5 Å². The van der Waals surface area contributed by atoms with Crippen LogP contribution >= 0.6 is 0 Å². The van der Waals surface area contributed by atoms with E-state index < -0.39 is 0 Å². The first kappa shape index (κ1) is 17.0. The smallest absolute Gasteiger partial charge is 0.133 e. The molecule has 2 heteroatoms. The Hall–Kier alpha value is -1.07. The van der Waals surface area contributed by atoms with E-state index in [9.17, 15) is 0 Å². The first-order chi connectivity index (χ1) is 8.88. The number of hydrogen-bond acceptors (Lipinski definition) is 1. The molecular weight excluding hydrogens is 427 g/mol. The average Bonchev–Trinajstić information content (AvgIpc) is 2.25. The van der Waals surface area contributed by atoms with Crippen LogP contribution in [0.1, 0.15) is 33.4 Å². The van der Waals surface area contributed by atoms with Gasteiger partial charge in [-0.05, 0) is 63.8 Å². The Balaban J connectivity index is 0.00000200. The zero-order chi connectivity index (χ0) is 14.2. The summed E-state index contributed by atoms with van der Waals surface area (Å²) in [4.78, 5) is 0. The second-order valence-corrected chi connectivity index (χ2v) is 5.56. The molecule has 0 fully saturated rings. The molecule has 0 aliphatic heterocycles. The van der Waals surface area contributed by atoms with Gasteiger partial charge < -0.3 is 4.74 Å². The van der Waals surface area contributed by atoms with Crippen molar-refractivity contribution in [1.82, 2.24) is 0 Å². The summed E-state index contributed by atoms with van der Waals surface area (Å²) in [6.45, 7) is 12.7. The molecule has 2 rings (SSSR count). The molecule has 0 N–H and O–H groups in total. The van der Waals surface area contributed by atoms with Crippen LogP contribution in [0, 0.1) is 41.5 Å². The Labute approximate surface area is 136 Å². The predicted molar refractivity (Wildman–Crippen MR) is 81.4 cm³/mol. The Morgan fingerprint density at radius 2 is 0.800 bits per heavy atom. The van der Waals surface area contributed by atoms with Crippen molar-refractivity contribution in [1.29, 1.82) is 0 Å². The Kier molecular flexibility index (Phi) is 5.59. The number of ether oxygens (including phenoxy) is 1. The SMILES string of the molecule is Cc1cc(C)c(Oc2c(C)cc(C)cc2C)c(C)c1.[Pt]. The third-order valence-electron chi connectivity index (χ3n) is 3.41. The quantitative estimate of drug-likeness (QED) is 0.603. The summed E-state index contributed by atoms with van der Waals surface area (Å²) in [7, 11) is 0. The fourth-order valence-corrected chi connectivity index (χ4v) is 2.76. The summed E-state index contributed by atoms with van der Waals surface area (Å²) in [5, 5.41) is 0. The van der Waals surface area contributed by atoms with Crippen molar-refractivity contribution < 1.29 is 25.8 Å². The molecule has 2 aromatic rings. The van der Waals surface area contributed by atoms with E-state index in [4.69, 9.17) is 4.74 Å². The first-order valence-corrected chi connectivity index (χ1v) is 6.72. The fourth-order valence-electron chi connectivity index (χ4n) is 2.76. The number of rotatable bonds is 2. The van der Waals surface area contributed by atoms with Gasteiger partial charge in [-0.2, -0.15) is 0 Å². The van der Waals surface area contributed by atoms with E-state index in [2.05, 4.69) is 65.8 Å². The molecule has 0 aliphatic rings. The van der Waals surface area contributed by atoms with Crippen LogP contribution in [0.25, 0.3) is 0 Å². The molecule has 0 heterocycles. The van der Waals surface area contributed by atoms with Crippen LogP contribution in [0.4, 0.5) is 0 Å². The molecular formula is C18H22OPt. The van der Waals surface area contributed by atoms with E-state index in [-0.39, 0.29) is 21.1 Å². The molecule has 0 bridgehead atoms. The van der Waals surface area contributed by atoms with Gasteiger partial charge in [0.15, 0.2) is 0 Å². The molecule has 110 valence electrons. The van der Waals surface area contributed by atoms with Crippen molar-refractivity contribution in [3.8, 4) is 11.5 Å². The van der Waals surface area contributed by atoms with Crippen molar-refractivity contribution in [3.63, 3.8) is 0 Å². The minimum atomic E-state index is 0. The normalized spacial score (nSPS) is 10.1. The Morgan fingerprint density at radius 1 is 0.550 bits per heavy atom. The maximum Gasteiger partial charge on any atom is 0.133 e. The van der Waals surface area contributed by atoms with Gasteiger partial charge in [0.1, 0.15) is 11.5 Å². The summed E-state index contributed by atoms with van der Waals surface area (Å²) < 4.78 is 6.21. The second-order valence-electron chi connectivity index (χ2n) is 5.56. The van der Waals surface area contributed by atoms with Gasteiger partial charge >= 0.3 is 0 Å². The van der Waals surface area contributed by atoms with E-state index in [0.717, 1.165) is 11.5 Å². The van der Waals surface area contributed by atoms with Crippen LogP contribution in [0.15, 0.2) is 24.3 Å². The molecule has 0 radical (unpaired) electrons. The second kappa shape index (κ2) is 6.59. The van der Waals surface area contributed by atoms with Crippen LogP contribution in [-0.4, -0.2) is 0 Å². The minimum Gasteiger partial charge on any atom is -0.456 e. The zero-order valence-electron chi connectivity index (χ0n) is 13.0. The van der Waals surface area contributed by atoms with E-state index in [0.29, 0.717) is 0 Å². The van der Waals surface area contributed by atoms with Gasteiger partial charge in [0.25, 0.3) is 0 Å². The summed E-state index contributed by atoms with van der Waals surface area (Å²) in [6.07, 6.45) is 0. The van der Waals surface area contributed by atoms with Gasteiger partial charge in [-0.3, -0.25) is 0 Å². The van der Waals surface area contributed by atoms with Crippen LogP contribution in [0.2, 0.25) is 0 Å². The predicted octanol–water partition coefficient (Wildman–Crippen LogP) is 5.33. The number of benzene rings is 2. The maximum absolute atomic E-state index is 6.21. The number of aryl methyl sites for hydroxylation is 6. The fraction of sp³-hybridized carbons (Fsp3) is 0.333. The largest absolute Gasteiger partial charge is 0.456 e. The molecule has 0 saturated heterocycles. The van der Waals surface area contributed by atoms with Gasteiger partial charge in [-0.1, -0.05) is 35.4 Å². The van der Waals surface area contributed by atoms with Crippen molar-refractivity contribution >= 4 is 0 Å². The average molecular weight is 449 g/mol. The molecule has 1 nitrogen and oxygen atoms in total. The van der Waals surface area contributed by atoms with Crippen LogP contribution < -0.4 is 4.74 Å². The summed E-state index contributed by atoms with van der Waals surface area (Å²) in [5.74, 6) is 1.97. The van der Waals surface area contributed by atoms with Crippen molar-refractivity contribution in [2.24, 2.45) is 0 Å². The van der Waals surface area contributed by atoms with Gasteiger partial charge in [-0.25, -0.2) is 0 Å². The molecule has 0 atom stereocenters. The Morgan fingerprint density at radius 3 is 1.05 bits per heavy atom. The molecule has 0 spiro atoms. The summed E-state index contributed by atoms with van der Waals surface area (Å²) in [5.41, 5.74) is 7.32.